The molecule has 0 radical (unpaired) electrons. The summed E-state index contributed by atoms with van der Waals surface area (Å²) in [7, 11) is 0. The van der Waals surface area contributed by atoms with Crippen molar-refractivity contribution < 1.29 is 68.3 Å². The molecule has 6 aliphatic rings. The fraction of sp³-hybridized carbons (Fsp3) is 0.814. The summed E-state index contributed by atoms with van der Waals surface area (Å²) in [4.78, 5) is 104. The van der Waals surface area contributed by atoms with E-state index in [1.54, 1.807) is 41.5 Å². The van der Waals surface area contributed by atoms with Gasteiger partial charge in [-0.1, -0.05) is 0 Å². The van der Waals surface area contributed by atoms with Crippen molar-refractivity contribution in [3.05, 3.63) is 0 Å². The summed E-state index contributed by atoms with van der Waals surface area (Å²) in [5.41, 5.74) is 6.61. The zero-order chi connectivity index (χ0) is 49.7. The van der Waals surface area contributed by atoms with Crippen LogP contribution in [0.4, 0.5) is 9.59 Å². The number of likely N-dealkylation sites (tertiary alicyclic amines) is 5. The number of hydrogen-bond donors (Lipinski definition) is 7. The Balaban J connectivity index is 0.000000217. The van der Waals surface area contributed by atoms with Crippen LogP contribution in [0.1, 0.15) is 122 Å². The monoisotopic (exact) mass is 925 g/mol. The first-order valence-corrected chi connectivity index (χ1v) is 22.3. The molecule has 65 heavy (non-hydrogen) atoms. The first-order chi connectivity index (χ1) is 29.7. The van der Waals surface area contributed by atoms with Gasteiger partial charge in [0, 0.05) is 24.7 Å². The Morgan fingerprint density at radius 2 is 0.969 bits per heavy atom. The number of nitrogens with two attached hydrogens (primary N) is 2. The number of carbonyl (C=O) groups is 8. The number of amides is 7. The van der Waals surface area contributed by atoms with Gasteiger partial charge in [-0.2, -0.15) is 0 Å². The molecule has 0 bridgehead atoms. The Morgan fingerprint density at radius 3 is 1.23 bits per heavy atom. The van der Waals surface area contributed by atoms with E-state index >= 15 is 0 Å². The van der Waals surface area contributed by atoms with Crippen LogP contribution in [-0.2, 0) is 38.2 Å². The Hall–Kier alpha value is -4.80. The molecule has 6 rings (SSSR count). The van der Waals surface area contributed by atoms with Gasteiger partial charge in [0.05, 0.1) is 31.4 Å². The standard InChI is InChI=1S/C16H27N3O5.C16H26N2O6.C11H19N3O3/c1-9-6-7-16(19(9)14(23)24-15(3,4)5)8-18(13(16)22)11(10(2)20)12(17)21;1-9-6-7-16(18(9)14(23)24-15(3,4)5)8-17(13(16)22)11(10(2)19)12(20)21;1-6-3-4-11(13-6)5-14(10(11)17)8(7(2)15)9(12)16/h9-11,20H,6-8H2,1-5H3,(H2,17,21);9-11,19H,6-8H2,1-5H3,(H,20,21);6-8,13,15H,3-5H2,1-2H3,(H2,12,16)/t2*9?,10-,11+,16?;6?,7-,8+,11?/m111/s1. The van der Waals surface area contributed by atoms with Crippen LogP contribution in [0.15, 0.2) is 0 Å². The average Bonchev–Trinajstić information content (AvgIpc) is 3.84. The maximum atomic E-state index is 12.8. The topological polar surface area (TPSA) is 316 Å². The van der Waals surface area contributed by atoms with Gasteiger partial charge in [-0.05, 0) is 122 Å². The number of aliphatic hydroxyl groups is 3. The molecule has 0 saturated carbocycles. The maximum absolute atomic E-state index is 12.8. The van der Waals surface area contributed by atoms with Gasteiger partial charge in [-0.3, -0.25) is 39.1 Å². The second-order valence-electron chi connectivity index (χ2n) is 20.7. The zero-order valence-corrected chi connectivity index (χ0v) is 39.8. The van der Waals surface area contributed by atoms with Gasteiger partial charge in [0.15, 0.2) is 6.04 Å². The third-order valence-corrected chi connectivity index (χ3v) is 13.0. The lowest BCUT2D eigenvalue weighted by molar-refractivity contribution is -0.177. The fourth-order valence-corrected chi connectivity index (χ4v) is 10.1. The first kappa shape index (κ1) is 52.8. The number of aliphatic carboxylic acids is 1. The number of hydrogen-bond acceptors (Lipinski definition) is 14. The number of nitrogens with one attached hydrogen (secondary N) is 1. The summed E-state index contributed by atoms with van der Waals surface area (Å²) < 4.78 is 10.9. The number of primary amides is 2. The molecule has 6 fully saturated rings. The summed E-state index contributed by atoms with van der Waals surface area (Å²) >= 11 is 0. The van der Waals surface area contributed by atoms with Gasteiger partial charge >= 0.3 is 18.2 Å². The molecule has 0 aromatic carbocycles. The number of rotatable bonds is 9. The number of carbonyl (C=O) groups excluding carboxylic acids is 7. The third-order valence-electron chi connectivity index (χ3n) is 13.0. The SMILES string of the molecule is CC1CCC2(CN([C@H](C(=O)O)[C@@H](C)O)C2=O)N1C(=O)OC(C)(C)C.CC1CCC2(CN([C@H](C(N)=O)[C@@H](C)O)C2=O)N1.CC1CCC2(CN([C@H](C(N)=O)[C@@H](C)O)C2=O)N1C(=O)OC(C)(C)C. The molecule has 9 N–H and O–H groups in total. The van der Waals surface area contributed by atoms with E-state index in [9.17, 15) is 58.8 Å². The van der Waals surface area contributed by atoms with Crippen molar-refractivity contribution in [3.8, 4) is 0 Å². The number of aliphatic hydroxyl groups excluding tert-OH is 3. The van der Waals surface area contributed by atoms with E-state index in [0.29, 0.717) is 38.3 Å². The number of nitrogens with zero attached hydrogens (tertiary/aromatic N) is 5. The van der Waals surface area contributed by atoms with E-state index < -0.39 is 100 Å². The minimum absolute atomic E-state index is 0.0945. The fourth-order valence-electron chi connectivity index (χ4n) is 10.1. The summed E-state index contributed by atoms with van der Waals surface area (Å²) in [6, 6.07) is -3.28. The normalized spacial score (nSPS) is 31.1. The predicted molar refractivity (Wildman–Crippen MR) is 231 cm³/mol. The van der Waals surface area contributed by atoms with E-state index in [1.165, 1.54) is 40.4 Å². The van der Waals surface area contributed by atoms with Crippen molar-refractivity contribution in [2.75, 3.05) is 19.6 Å². The molecule has 6 unspecified atom stereocenters. The number of β-lactam (4-membered cyclic amide) rings is 3. The molecule has 6 aliphatic heterocycles. The van der Waals surface area contributed by atoms with E-state index in [2.05, 4.69) is 5.32 Å². The Bertz CT molecular complexity index is 1790. The van der Waals surface area contributed by atoms with Crippen LogP contribution in [0, 0.1) is 0 Å². The van der Waals surface area contributed by atoms with Crippen LogP contribution in [0.2, 0.25) is 0 Å². The van der Waals surface area contributed by atoms with Crippen LogP contribution in [-0.4, -0.2) is 195 Å². The number of carboxylic acids is 1. The number of carboxylic acid groups (broad SMARTS) is 1. The van der Waals surface area contributed by atoms with Crippen LogP contribution in [0.5, 0.6) is 0 Å². The highest BCUT2D eigenvalue weighted by molar-refractivity contribution is 6.01. The molecule has 368 valence electrons. The maximum Gasteiger partial charge on any atom is 0.411 e. The molecular formula is C43H72N8O14. The molecule has 22 nitrogen and oxygen atoms in total. The van der Waals surface area contributed by atoms with Crippen LogP contribution >= 0.6 is 0 Å². The molecule has 0 aliphatic carbocycles. The molecule has 0 aromatic heterocycles. The highest BCUT2D eigenvalue weighted by Gasteiger charge is 2.66. The smallest absolute Gasteiger partial charge is 0.411 e. The predicted octanol–water partition coefficient (Wildman–Crippen LogP) is -0.384. The second kappa shape index (κ2) is 18.8. The van der Waals surface area contributed by atoms with E-state index in [4.69, 9.17) is 20.9 Å². The molecule has 22 heteroatoms. The summed E-state index contributed by atoms with van der Waals surface area (Å²) in [5.74, 6) is -3.60. The third kappa shape index (κ3) is 10.3. The lowest BCUT2D eigenvalue weighted by atomic mass is 9.83. The molecule has 3 spiro atoms. The summed E-state index contributed by atoms with van der Waals surface area (Å²) in [5, 5.41) is 41.4. The van der Waals surface area contributed by atoms with Crippen molar-refractivity contribution in [3.63, 3.8) is 0 Å². The van der Waals surface area contributed by atoms with E-state index in [-0.39, 0.29) is 37.0 Å². The van der Waals surface area contributed by atoms with Crippen molar-refractivity contribution in [2.45, 2.75) is 204 Å². The number of ether oxygens (including phenoxy) is 2. The van der Waals surface area contributed by atoms with Crippen LogP contribution in [0.3, 0.4) is 0 Å². The van der Waals surface area contributed by atoms with Crippen LogP contribution < -0.4 is 16.8 Å². The first-order valence-electron chi connectivity index (χ1n) is 22.3. The molecule has 12 atom stereocenters. The zero-order valence-electron chi connectivity index (χ0n) is 39.8. The van der Waals surface area contributed by atoms with Gasteiger partial charge in [-0.15, -0.1) is 0 Å². The average molecular weight is 925 g/mol. The Labute approximate surface area is 380 Å². The summed E-state index contributed by atoms with van der Waals surface area (Å²) in [6.07, 6.45) is -0.270. The van der Waals surface area contributed by atoms with Crippen molar-refractivity contribution in [1.29, 1.82) is 0 Å². The largest absolute Gasteiger partial charge is 0.480 e. The quantitative estimate of drug-likeness (QED) is 0.145. The van der Waals surface area contributed by atoms with E-state index in [1.807, 2.05) is 20.8 Å². The van der Waals surface area contributed by atoms with Gasteiger partial charge in [0.2, 0.25) is 17.7 Å². The molecule has 0 aromatic rings. The minimum atomic E-state index is -1.31. The Kier molecular flexibility index (Phi) is 15.3. The summed E-state index contributed by atoms with van der Waals surface area (Å²) in [6.45, 7) is 21.2. The molecule has 7 amide bonds. The lowest BCUT2D eigenvalue weighted by Crippen LogP contribution is -2.77. The molecular weight excluding hydrogens is 853 g/mol. The lowest BCUT2D eigenvalue weighted by Gasteiger charge is -2.53. The second-order valence-corrected chi connectivity index (χ2v) is 20.7. The van der Waals surface area contributed by atoms with Crippen molar-refractivity contribution in [2.24, 2.45) is 11.5 Å². The molecule has 6 saturated heterocycles. The van der Waals surface area contributed by atoms with Gasteiger partial charge < -0.3 is 56.1 Å². The minimum Gasteiger partial charge on any atom is -0.480 e. The van der Waals surface area contributed by atoms with Crippen molar-refractivity contribution in [1.82, 2.24) is 29.8 Å². The van der Waals surface area contributed by atoms with Gasteiger partial charge in [0.25, 0.3) is 11.8 Å². The highest BCUT2D eigenvalue weighted by Crippen LogP contribution is 2.45. The van der Waals surface area contributed by atoms with E-state index in [0.717, 1.165) is 17.7 Å². The Morgan fingerprint density at radius 1 is 0.615 bits per heavy atom. The highest BCUT2D eigenvalue weighted by atomic mass is 16.6. The van der Waals surface area contributed by atoms with Crippen LogP contribution in [0.25, 0.3) is 0 Å². The van der Waals surface area contributed by atoms with Gasteiger partial charge in [-0.25, -0.2) is 14.4 Å². The van der Waals surface area contributed by atoms with Crippen molar-refractivity contribution >= 4 is 47.7 Å². The molecule has 6 heterocycles. The van der Waals surface area contributed by atoms with Gasteiger partial charge in [0.1, 0.15) is 39.9 Å².